The van der Waals surface area contributed by atoms with Crippen molar-refractivity contribution in [3.05, 3.63) is 144 Å². The summed E-state index contributed by atoms with van der Waals surface area (Å²) >= 11 is 0. The molecule has 234 valence electrons. The van der Waals surface area contributed by atoms with Crippen LogP contribution in [0.1, 0.15) is 16.7 Å². The van der Waals surface area contributed by atoms with Crippen LogP contribution in [-0.4, -0.2) is 28.7 Å². The lowest BCUT2D eigenvalue weighted by Gasteiger charge is -2.22. The van der Waals surface area contributed by atoms with Gasteiger partial charge < -0.3 is 0 Å². The third-order valence-electron chi connectivity index (χ3n) is 9.73. The summed E-state index contributed by atoms with van der Waals surface area (Å²) in [4.78, 5) is 14.4. The highest BCUT2D eigenvalue weighted by atomic mass is 15.1. The van der Waals surface area contributed by atoms with Crippen molar-refractivity contribution in [1.82, 2.24) is 28.7 Å². The molecule has 51 heavy (non-hydrogen) atoms. The molecule has 0 amide bonds. The molecule has 10 rings (SSSR count). The van der Waals surface area contributed by atoms with Crippen LogP contribution in [0, 0.1) is 34.0 Å². The van der Waals surface area contributed by atoms with E-state index in [-0.39, 0.29) is 16.7 Å². The lowest BCUT2D eigenvalue weighted by atomic mass is 9.96. The molecule has 6 heterocycles. The van der Waals surface area contributed by atoms with E-state index in [0.29, 0.717) is 34.0 Å². The number of nitriles is 3. The van der Waals surface area contributed by atoms with Crippen LogP contribution >= 0.6 is 0 Å². The highest BCUT2D eigenvalue weighted by Crippen LogP contribution is 2.44. The Morgan fingerprint density at radius 2 is 0.627 bits per heavy atom. The number of aromatic nitrogens is 6. The van der Waals surface area contributed by atoms with E-state index < -0.39 is 0 Å². The molecule has 0 aliphatic heterocycles. The Morgan fingerprint density at radius 3 is 0.922 bits per heavy atom. The van der Waals surface area contributed by atoms with E-state index in [9.17, 15) is 15.8 Å². The Morgan fingerprint density at radius 1 is 0.353 bits per heavy atom. The molecule has 0 aliphatic carbocycles. The summed E-state index contributed by atoms with van der Waals surface area (Å²) in [7, 11) is 0. The van der Waals surface area contributed by atoms with E-state index in [4.69, 9.17) is 15.0 Å². The van der Waals surface area contributed by atoms with Crippen LogP contribution in [0.3, 0.4) is 0 Å². The molecular formula is C42H21N9. The molecular weight excluding hydrogens is 631 g/mol. The summed E-state index contributed by atoms with van der Waals surface area (Å²) < 4.78 is 5.66. The van der Waals surface area contributed by atoms with Gasteiger partial charge in [0.1, 0.15) is 51.8 Å². The molecule has 6 aromatic heterocycles. The van der Waals surface area contributed by atoms with Gasteiger partial charge in [0.05, 0.1) is 33.6 Å². The summed E-state index contributed by atoms with van der Waals surface area (Å²) in [6.07, 6.45) is 5.11. The first kappa shape index (κ1) is 28.2. The van der Waals surface area contributed by atoms with E-state index in [1.807, 2.05) is 123 Å². The Kier molecular flexibility index (Phi) is 5.87. The highest BCUT2D eigenvalue weighted by Gasteiger charge is 2.32. The quantitative estimate of drug-likeness (QED) is 0.188. The molecule has 0 unspecified atom stereocenters. The molecule has 0 saturated heterocycles. The molecule has 9 nitrogen and oxygen atoms in total. The fourth-order valence-electron chi connectivity index (χ4n) is 7.77. The number of rotatable bonds is 3. The number of para-hydroxylation sites is 3. The summed E-state index contributed by atoms with van der Waals surface area (Å²) in [5.74, 6) is 0. The van der Waals surface area contributed by atoms with E-state index >= 15 is 0 Å². The van der Waals surface area contributed by atoms with Gasteiger partial charge in [-0.1, -0.05) is 54.6 Å². The molecule has 9 heteroatoms. The SMILES string of the molecule is N#Cc1c(-n2c3ccccc3c3cccnc32)c(C#N)c(-n2c3ccccc3c3cccnc32)c(C#N)c1-n1c2ccccc2c2cccnc21. The Labute approximate surface area is 289 Å². The maximum Gasteiger partial charge on any atom is 0.145 e. The van der Waals surface area contributed by atoms with Crippen LogP contribution in [0.4, 0.5) is 0 Å². The van der Waals surface area contributed by atoms with Crippen molar-refractivity contribution in [2.24, 2.45) is 0 Å². The van der Waals surface area contributed by atoms with Crippen LogP contribution in [0.2, 0.25) is 0 Å². The Balaban J connectivity index is 1.53. The largest absolute Gasteiger partial charge is 0.291 e. The molecule has 10 aromatic rings. The van der Waals surface area contributed by atoms with Gasteiger partial charge in [-0.25, -0.2) is 15.0 Å². The second-order valence-corrected chi connectivity index (χ2v) is 12.2. The fraction of sp³-hybridized carbons (Fsp3) is 0. The number of benzene rings is 4. The molecule has 0 saturated carbocycles. The first-order valence-electron chi connectivity index (χ1n) is 16.2. The second kappa shape index (κ2) is 10.6. The van der Waals surface area contributed by atoms with Crippen LogP contribution in [0.15, 0.2) is 128 Å². The topological polar surface area (TPSA) is 125 Å². The van der Waals surface area contributed by atoms with Gasteiger partial charge >= 0.3 is 0 Å². The molecule has 0 spiro atoms. The number of hydrogen-bond acceptors (Lipinski definition) is 6. The normalized spacial score (nSPS) is 11.5. The average molecular weight is 652 g/mol. The molecule has 0 N–H and O–H groups in total. The van der Waals surface area contributed by atoms with Crippen molar-refractivity contribution >= 4 is 65.8 Å². The molecule has 0 atom stereocenters. The average Bonchev–Trinajstić information content (AvgIpc) is 3.82. The van der Waals surface area contributed by atoms with Gasteiger partial charge in [0.15, 0.2) is 0 Å². The number of hydrogen-bond donors (Lipinski definition) is 0. The lowest BCUT2D eigenvalue weighted by molar-refractivity contribution is 1.04. The predicted molar refractivity (Wildman–Crippen MR) is 197 cm³/mol. The van der Waals surface area contributed by atoms with Gasteiger partial charge in [-0.05, 0) is 54.6 Å². The molecule has 4 aromatic carbocycles. The highest BCUT2D eigenvalue weighted by molar-refractivity contribution is 6.12. The molecule has 0 fully saturated rings. The second-order valence-electron chi connectivity index (χ2n) is 12.2. The number of nitrogens with zero attached hydrogens (tertiary/aromatic N) is 9. The molecule has 0 aliphatic rings. The Hall–Kier alpha value is -7.80. The maximum atomic E-state index is 11.3. The lowest BCUT2D eigenvalue weighted by Crippen LogP contribution is -2.15. The first-order valence-corrected chi connectivity index (χ1v) is 16.2. The first-order chi connectivity index (χ1) is 25.2. The van der Waals surface area contributed by atoms with E-state index in [0.717, 1.165) is 48.9 Å². The molecule has 0 bridgehead atoms. The minimum atomic E-state index is 0.141. The van der Waals surface area contributed by atoms with Crippen molar-refractivity contribution in [2.75, 3.05) is 0 Å². The van der Waals surface area contributed by atoms with Crippen molar-refractivity contribution in [1.29, 1.82) is 15.8 Å². The van der Waals surface area contributed by atoms with Crippen LogP contribution in [0.5, 0.6) is 0 Å². The molecule has 0 radical (unpaired) electrons. The van der Waals surface area contributed by atoms with Crippen molar-refractivity contribution in [2.45, 2.75) is 0 Å². The third kappa shape index (κ3) is 3.68. The Bertz CT molecular complexity index is 2720. The van der Waals surface area contributed by atoms with Gasteiger partial charge in [0, 0.05) is 50.9 Å². The van der Waals surface area contributed by atoms with Gasteiger partial charge in [0.2, 0.25) is 0 Å². The number of fused-ring (bicyclic) bond motifs is 9. The van der Waals surface area contributed by atoms with Crippen molar-refractivity contribution in [3.8, 4) is 35.3 Å². The smallest absolute Gasteiger partial charge is 0.145 e. The van der Waals surface area contributed by atoms with E-state index in [2.05, 4.69) is 18.2 Å². The zero-order chi connectivity index (χ0) is 34.2. The number of pyridine rings is 3. The van der Waals surface area contributed by atoms with Crippen LogP contribution in [0.25, 0.3) is 82.9 Å². The zero-order valence-corrected chi connectivity index (χ0v) is 26.6. The summed E-state index contributed by atoms with van der Waals surface area (Å²) in [6, 6.07) is 42.5. The van der Waals surface area contributed by atoms with Crippen LogP contribution < -0.4 is 0 Å². The van der Waals surface area contributed by atoms with Gasteiger partial charge in [-0.15, -0.1) is 0 Å². The van der Waals surface area contributed by atoms with E-state index in [1.54, 1.807) is 18.6 Å². The summed E-state index contributed by atoms with van der Waals surface area (Å²) in [5.41, 5.74) is 5.40. The van der Waals surface area contributed by atoms with Crippen LogP contribution in [-0.2, 0) is 0 Å². The standard InChI is InChI=1S/C42H21N9/c43-22-31-37(49-34-16-4-1-10-25(34)28-13-7-19-46-40(28)49)32(23-44)39(51-36-18-6-3-12-27(36)30-15-9-21-48-42(30)51)33(24-45)38(31)50-35-17-5-2-11-26(35)29-14-8-20-47-41(29)50/h1-21H. The van der Waals surface area contributed by atoms with Crippen molar-refractivity contribution in [3.63, 3.8) is 0 Å². The fourth-order valence-corrected chi connectivity index (χ4v) is 7.77. The summed E-state index contributed by atoms with van der Waals surface area (Å²) in [6.45, 7) is 0. The maximum absolute atomic E-state index is 11.3. The third-order valence-corrected chi connectivity index (χ3v) is 9.73. The predicted octanol–water partition coefficient (Wildman–Crippen LogP) is 8.78. The van der Waals surface area contributed by atoms with E-state index in [1.165, 1.54) is 0 Å². The summed E-state index contributed by atoms with van der Waals surface area (Å²) in [5, 5.41) is 39.3. The monoisotopic (exact) mass is 651 g/mol. The zero-order valence-electron chi connectivity index (χ0n) is 26.6. The minimum absolute atomic E-state index is 0.141. The van der Waals surface area contributed by atoms with Gasteiger partial charge in [0.25, 0.3) is 0 Å². The minimum Gasteiger partial charge on any atom is -0.291 e. The van der Waals surface area contributed by atoms with Gasteiger partial charge in [-0.2, -0.15) is 15.8 Å². The van der Waals surface area contributed by atoms with Gasteiger partial charge in [-0.3, -0.25) is 13.7 Å². The van der Waals surface area contributed by atoms with Crippen molar-refractivity contribution < 1.29 is 0 Å².